The van der Waals surface area contributed by atoms with Crippen LogP contribution in [0.4, 0.5) is 0 Å². The maximum Gasteiger partial charge on any atom is -0.00457 e. The molecule has 1 aromatic rings. The van der Waals surface area contributed by atoms with E-state index in [2.05, 4.69) is 38.1 Å². The maximum absolute atomic E-state index is 5.74. The Hall–Kier alpha value is -0.820. The van der Waals surface area contributed by atoms with Gasteiger partial charge in [0.15, 0.2) is 0 Å². The molecule has 0 radical (unpaired) electrons. The predicted molar refractivity (Wildman–Crippen MR) is 62.3 cm³/mol. The first-order valence-corrected chi connectivity index (χ1v) is 5.52. The molecule has 1 atom stereocenters. The van der Waals surface area contributed by atoms with Crippen molar-refractivity contribution in [3.8, 4) is 0 Å². The highest BCUT2D eigenvalue weighted by atomic mass is 14.5. The Morgan fingerprint density at radius 3 is 2.36 bits per heavy atom. The van der Waals surface area contributed by atoms with Gasteiger partial charge in [0.2, 0.25) is 0 Å². The second kappa shape index (κ2) is 5.82. The van der Waals surface area contributed by atoms with Crippen molar-refractivity contribution < 1.29 is 0 Å². The zero-order valence-electron chi connectivity index (χ0n) is 9.29. The lowest BCUT2D eigenvalue weighted by Gasteiger charge is -2.13. The highest BCUT2D eigenvalue weighted by Gasteiger charge is 2.05. The van der Waals surface area contributed by atoms with Crippen molar-refractivity contribution in [1.29, 1.82) is 0 Å². The number of rotatable bonds is 5. The summed E-state index contributed by atoms with van der Waals surface area (Å²) >= 11 is 0. The Kier molecular flexibility index (Phi) is 4.68. The monoisotopic (exact) mass is 191 g/mol. The van der Waals surface area contributed by atoms with E-state index in [1.165, 1.54) is 24.0 Å². The molecule has 0 heterocycles. The SMILES string of the molecule is CCCC(CN)Cc1ccc(C)cc1. The molecule has 0 amide bonds. The van der Waals surface area contributed by atoms with Gasteiger partial charge in [-0.3, -0.25) is 0 Å². The zero-order valence-corrected chi connectivity index (χ0v) is 9.29. The third-order valence-corrected chi connectivity index (χ3v) is 2.68. The summed E-state index contributed by atoms with van der Waals surface area (Å²) in [5.74, 6) is 0.655. The maximum atomic E-state index is 5.74. The molecule has 78 valence electrons. The second-order valence-corrected chi connectivity index (χ2v) is 4.08. The van der Waals surface area contributed by atoms with E-state index in [4.69, 9.17) is 5.73 Å². The van der Waals surface area contributed by atoms with Crippen LogP contribution in [0.25, 0.3) is 0 Å². The number of aryl methyl sites for hydroxylation is 1. The minimum absolute atomic E-state index is 0.655. The minimum Gasteiger partial charge on any atom is -0.330 e. The highest BCUT2D eigenvalue weighted by molar-refractivity contribution is 5.21. The molecule has 0 spiro atoms. The standard InChI is InChI=1S/C13H21N/c1-3-4-13(10-14)9-12-7-5-11(2)6-8-12/h5-8,13H,3-4,9-10,14H2,1-2H3. The Labute approximate surface area is 87.3 Å². The smallest absolute Gasteiger partial charge is 0.00457 e. The Morgan fingerprint density at radius 2 is 1.86 bits per heavy atom. The summed E-state index contributed by atoms with van der Waals surface area (Å²) in [7, 11) is 0. The molecule has 1 nitrogen and oxygen atoms in total. The quantitative estimate of drug-likeness (QED) is 0.761. The normalized spacial score (nSPS) is 12.8. The van der Waals surface area contributed by atoms with Crippen molar-refractivity contribution in [2.45, 2.75) is 33.1 Å². The van der Waals surface area contributed by atoms with E-state index in [1.807, 2.05) is 0 Å². The molecule has 0 saturated carbocycles. The first kappa shape index (κ1) is 11.3. The van der Waals surface area contributed by atoms with E-state index < -0.39 is 0 Å². The number of hydrogen-bond acceptors (Lipinski definition) is 1. The first-order chi connectivity index (χ1) is 6.76. The van der Waals surface area contributed by atoms with Crippen LogP contribution < -0.4 is 5.73 Å². The lowest BCUT2D eigenvalue weighted by atomic mass is 9.95. The van der Waals surface area contributed by atoms with Gasteiger partial charge >= 0.3 is 0 Å². The summed E-state index contributed by atoms with van der Waals surface area (Å²) in [6.45, 7) is 5.15. The molecular weight excluding hydrogens is 170 g/mol. The fraction of sp³-hybridized carbons (Fsp3) is 0.538. The van der Waals surface area contributed by atoms with Crippen LogP contribution in [0.5, 0.6) is 0 Å². The third-order valence-electron chi connectivity index (χ3n) is 2.68. The summed E-state index contributed by atoms with van der Waals surface area (Å²) in [5.41, 5.74) is 8.48. The van der Waals surface area contributed by atoms with Crippen LogP contribution in [0.3, 0.4) is 0 Å². The van der Waals surface area contributed by atoms with E-state index in [-0.39, 0.29) is 0 Å². The predicted octanol–water partition coefficient (Wildman–Crippen LogP) is 2.91. The Bertz CT molecular complexity index is 250. The van der Waals surface area contributed by atoms with Crippen molar-refractivity contribution in [3.63, 3.8) is 0 Å². The topological polar surface area (TPSA) is 26.0 Å². The van der Waals surface area contributed by atoms with Gasteiger partial charge in [-0.15, -0.1) is 0 Å². The number of benzene rings is 1. The van der Waals surface area contributed by atoms with Crippen LogP contribution in [0.15, 0.2) is 24.3 Å². The Balaban J connectivity index is 2.53. The van der Waals surface area contributed by atoms with E-state index in [0.717, 1.165) is 13.0 Å². The van der Waals surface area contributed by atoms with Gasteiger partial charge in [0.25, 0.3) is 0 Å². The largest absolute Gasteiger partial charge is 0.330 e. The van der Waals surface area contributed by atoms with Crippen molar-refractivity contribution in [2.24, 2.45) is 11.7 Å². The van der Waals surface area contributed by atoms with E-state index in [0.29, 0.717) is 5.92 Å². The van der Waals surface area contributed by atoms with Gasteiger partial charge in [-0.25, -0.2) is 0 Å². The molecule has 0 aliphatic heterocycles. The summed E-state index contributed by atoms with van der Waals surface area (Å²) in [5, 5.41) is 0. The molecule has 0 aromatic heterocycles. The lowest BCUT2D eigenvalue weighted by molar-refractivity contribution is 0.487. The van der Waals surface area contributed by atoms with Gasteiger partial charge in [0.05, 0.1) is 0 Å². The summed E-state index contributed by atoms with van der Waals surface area (Å²) in [4.78, 5) is 0. The molecule has 1 heteroatoms. The fourth-order valence-electron chi connectivity index (χ4n) is 1.77. The molecule has 1 unspecified atom stereocenters. The third kappa shape index (κ3) is 3.51. The molecular formula is C13H21N. The zero-order chi connectivity index (χ0) is 10.4. The van der Waals surface area contributed by atoms with Crippen LogP contribution in [-0.2, 0) is 6.42 Å². The van der Waals surface area contributed by atoms with Crippen molar-refractivity contribution in [3.05, 3.63) is 35.4 Å². The molecule has 2 N–H and O–H groups in total. The molecule has 0 aliphatic rings. The molecule has 0 bridgehead atoms. The Morgan fingerprint density at radius 1 is 1.21 bits per heavy atom. The summed E-state index contributed by atoms with van der Waals surface area (Å²) in [6.07, 6.45) is 3.60. The van der Waals surface area contributed by atoms with Crippen molar-refractivity contribution in [2.75, 3.05) is 6.54 Å². The molecule has 14 heavy (non-hydrogen) atoms. The van der Waals surface area contributed by atoms with Crippen LogP contribution in [-0.4, -0.2) is 6.54 Å². The number of nitrogens with two attached hydrogens (primary N) is 1. The van der Waals surface area contributed by atoms with E-state index in [9.17, 15) is 0 Å². The molecule has 0 fully saturated rings. The van der Waals surface area contributed by atoms with Crippen molar-refractivity contribution in [1.82, 2.24) is 0 Å². The molecule has 1 rings (SSSR count). The fourth-order valence-corrected chi connectivity index (χ4v) is 1.77. The first-order valence-electron chi connectivity index (χ1n) is 5.52. The second-order valence-electron chi connectivity index (χ2n) is 4.08. The van der Waals surface area contributed by atoms with Gasteiger partial charge < -0.3 is 5.73 Å². The van der Waals surface area contributed by atoms with Gasteiger partial charge in [-0.05, 0) is 37.8 Å². The summed E-state index contributed by atoms with van der Waals surface area (Å²) in [6, 6.07) is 8.78. The minimum atomic E-state index is 0.655. The lowest BCUT2D eigenvalue weighted by Crippen LogP contribution is -2.16. The van der Waals surface area contributed by atoms with Crippen LogP contribution >= 0.6 is 0 Å². The van der Waals surface area contributed by atoms with Crippen LogP contribution in [0, 0.1) is 12.8 Å². The highest BCUT2D eigenvalue weighted by Crippen LogP contribution is 2.13. The molecule has 0 saturated heterocycles. The summed E-state index contributed by atoms with van der Waals surface area (Å²) < 4.78 is 0. The van der Waals surface area contributed by atoms with E-state index in [1.54, 1.807) is 0 Å². The van der Waals surface area contributed by atoms with E-state index >= 15 is 0 Å². The molecule has 1 aromatic carbocycles. The van der Waals surface area contributed by atoms with Gasteiger partial charge in [0, 0.05) is 0 Å². The number of hydrogen-bond donors (Lipinski definition) is 1. The average Bonchev–Trinajstić information content (AvgIpc) is 2.20. The van der Waals surface area contributed by atoms with Gasteiger partial charge in [-0.1, -0.05) is 43.2 Å². The average molecular weight is 191 g/mol. The van der Waals surface area contributed by atoms with Gasteiger partial charge in [-0.2, -0.15) is 0 Å². The molecule has 0 aliphatic carbocycles. The van der Waals surface area contributed by atoms with Gasteiger partial charge in [0.1, 0.15) is 0 Å². The van der Waals surface area contributed by atoms with Crippen molar-refractivity contribution >= 4 is 0 Å². The van der Waals surface area contributed by atoms with Crippen LogP contribution in [0.2, 0.25) is 0 Å². The van der Waals surface area contributed by atoms with Crippen LogP contribution in [0.1, 0.15) is 30.9 Å².